The molecule has 0 aliphatic heterocycles. The van der Waals surface area contributed by atoms with E-state index in [0.29, 0.717) is 37.0 Å². The molecule has 0 radical (unpaired) electrons. The quantitative estimate of drug-likeness (QED) is 0.562. The molecule has 2 saturated carbocycles. The number of hydrogen-bond donors (Lipinski definition) is 1. The molecule has 2 aliphatic carbocycles. The SMILES string of the molecule is O=C(NC1CC1)c1ccc(CN(C(=O)CCc2cnn(-c3ccccc3)c2)C2CC2)cc1. The molecule has 32 heavy (non-hydrogen) atoms. The summed E-state index contributed by atoms with van der Waals surface area (Å²) in [5.41, 5.74) is 3.81. The van der Waals surface area contributed by atoms with Crippen LogP contribution in [0.4, 0.5) is 0 Å². The summed E-state index contributed by atoms with van der Waals surface area (Å²) in [5, 5.41) is 7.44. The largest absolute Gasteiger partial charge is 0.349 e. The molecule has 0 saturated heterocycles. The van der Waals surface area contributed by atoms with Gasteiger partial charge in [0.1, 0.15) is 0 Å². The van der Waals surface area contributed by atoms with Gasteiger partial charge in [0.05, 0.1) is 11.9 Å². The lowest BCUT2D eigenvalue weighted by atomic mass is 10.1. The predicted octanol–water partition coefficient (Wildman–Crippen LogP) is 3.89. The number of benzene rings is 2. The molecule has 0 atom stereocenters. The van der Waals surface area contributed by atoms with Crippen molar-refractivity contribution in [1.82, 2.24) is 20.0 Å². The fourth-order valence-corrected chi connectivity index (χ4v) is 3.87. The zero-order chi connectivity index (χ0) is 21.9. The molecule has 2 amide bonds. The summed E-state index contributed by atoms with van der Waals surface area (Å²) in [6.45, 7) is 0.595. The first-order valence-electron chi connectivity index (χ1n) is 11.4. The number of amides is 2. The van der Waals surface area contributed by atoms with Gasteiger partial charge in [-0.1, -0.05) is 30.3 Å². The Kier molecular flexibility index (Phi) is 5.75. The third kappa shape index (κ3) is 5.07. The number of carbonyl (C=O) groups excluding carboxylic acids is 2. The number of nitrogens with zero attached hydrogens (tertiary/aromatic N) is 3. The Labute approximate surface area is 188 Å². The molecule has 0 spiro atoms. The van der Waals surface area contributed by atoms with Crippen LogP contribution in [0.2, 0.25) is 0 Å². The van der Waals surface area contributed by atoms with E-state index in [1.165, 1.54) is 0 Å². The lowest BCUT2D eigenvalue weighted by Gasteiger charge is -2.22. The van der Waals surface area contributed by atoms with Crippen molar-refractivity contribution in [3.8, 4) is 5.69 Å². The summed E-state index contributed by atoms with van der Waals surface area (Å²) in [4.78, 5) is 27.2. The van der Waals surface area contributed by atoms with Crippen molar-refractivity contribution in [3.05, 3.63) is 83.7 Å². The van der Waals surface area contributed by atoms with Gasteiger partial charge in [0.15, 0.2) is 0 Å². The Morgan fingerprint density at radius 3 is 2.41 bits per heavy atom. The number of aromatic nitrogens is 2. The first kappa shape index (κ1) is 20.5. The van der Waals surface area contributed by atoms with Crippen LogP contribution >= 0.6 is 0 Å². The number of rotatable bonds is 9. The molecular formula is C26H28N4O2. The average Bonchev–Trinajstić information content (AvgIpc) is 3.76. The van der Waals surface area contributed by atoms with Crippen LogP contribution in [0, 0.1) is 0 Å². The Balaban J connectivity index is 1.17. The maximum Gasteiger partial charge on any atom is 0.251 e. The van der Waals surface area contributed by atoms with Gasteiger partial charge in [0, 0.05) is 36.8 Å². The highest BCUT2D eigenvalue weighted by atomic mass is 16.2. The second kappa shape index (κ2) is 8.99. The van der Waals surface area contributed by atoms with E-state index < -0.39 is 0 Å². The molecule has 3 aromatic rings. The third-order valence-electron chi connectivity index (χ3n) is 6.07. The van der Waals surface area contributed by atoms with Gasteiger partial charge in [-0.05, 0) is 67.5 Å². The molecule has 1 heterocycles. The van der Waals surface area contributed by atoms with E-state index in [0.717, 1.165) is 42.5 Å². The standard InChI is InChI=1S/C26H28N4O2/c31-25(15-8-20-16-27-30(18-20)24-4-2-1-3-5-24)29(23-13-14-23)17-19-6-9-21(10-7-19)26(32)28-22-11-12-22/h1-7,9-10,16,18,22-23H,8,11-15,17H2,(H,28,32). The summed E-state index contributed by atoms with van der Waals surface area (Å²) in [6, 6.07) is 18.3. The number of carbonyl (C=O) groups is 2. The predicted molar refractivity (Wildman–Crippen MR) is 122 cm³/mol. The Morgan fingerprint density at radius 1 is 0.969 bits per heavy atom. The normalized spacial score (nSPS) is 15.4. The lowest BCUT2D eigenvalue weighted by molar-refractivity contribution is -0.132. The van der Waals surface area contributed by atoms with E-state index in [9.17, 15) is 9.59 Å². The summed E-state index contributed by atoms with van der Waals surface area (Å²) < 4.78 is 1.85. The summed E-state index contributed by atoms with van der Waals surface area (Å²) in [7, 11) is 0. The van der Waals surface area contributed by atoms with E-state index in [2.05, 4.69) is 10.4 Å². The van der Waals surface area contributed by atoms with Crippen LogP contribution in [-0.2, 0) is 17.8 Å². The van der Waals surface area contributed by atoms with Crippen molar-refractivity contribution in [1.29, 1.82) is 0 Å². The first-order chi connectivity index (χ1) is 15.7. The second-order valence-electron chi connectivity index (χ2n) is 8.83. The van der Waals surface area contributed by atoms with Crippen LogP contribution in [0.1, 0.15) is 53.6 Å². The highest BCUT2D eigenvalue weighted by Crippen LogP contribution is 2.29. The first-order valence-corrected chi connectivity index (χ1v) is 11.4. The minimum Gasteiger partial charge on any atom is -0.349 e. The van der Waals surface area contributed by atoms with Crippen LogP contribution in [0.15, 0.2) is 67.0 Å². The molecule has 6 nitrogen and oxygen atoms in total. The maximum atomic E-state index is 13.0. The summed E-state index contributed by atoms with van der Waals surface area (Å²) in [6.07, 6.45) is 9.28. The second-order valence-corrected chi connectivity index (χ2v) is 8.83. The molecule has 6 heteroatoms. The number of hydrogen-bond acceptors (Lipinski definition) is 3. The summed E-state index contributed by atoms with van der Waals surface area (Å²) >= 11 is 0. The number of nitrogens with one attached hydrogen (secondary N) is 1. The van der Waals surface area contributed by atoms with Crippen LogP contribution in [0.25, 0.3) is 5.69 Å². The van der Waals surface area contributed by atoms with E-state index in [1.807, 2.05) is 76.6 Å². The van der Waals surface area contributed by atoms with Crippen molar-refractivity contribution in [2.24, 2.45) is 0 Å². The monoisotopic (exact) mass is 428 g/mol. The lowest BCUT2D eigenvalue weighted by Crippen LogP contribution is -2.32. The average molecular weight is 429 g/mol. The zero-order valence-electron chi connectivity index (χ0n) is 18.1. The third-order valence-corrected chi connectivity index (χ3v) is 6.07. The van der Waals surface area contributed by atoms with Crippen molar-refractivity contribution >= 4 is 11.8 Å². The van der Waals surface area contributed by atoms with E-state index in [-0.39, 0.29) is 11.8 Å². The molecule has 0 unspecified atom stereocenters. The van der Waals surface area contributed by atoms with Gasteiger partial charge in [0.2, 0.25) is 5.91 Å². The minimum atomic E-state index is -0.00905. The smallest absolute Gasteiger partial charge is 0.251 e. The zero-order valence-corrected chi connectivity index (χ0v) is 18.1. The van der Waals surface area contributed by atoms with E-state index >= 15 is 0 Å². The van der Waals surface area contributed by atoms with Crippen molar-refractivity contribution < 1.29 is 9.59 Å². The fraction of sp³-hybridized carbons (Fsp3) is 0.346. The molecule has 164 valence electrons. The molecule has 1 N–H and O–H groups in total. The Hall–Kier alpha value is -3.41. The van der Waals surface area contributed by atoms with Crippen molar-refractivity contribution in [3.63, 3.8) is 0 Å². The number of para-hydroxylation sites is 1. The van der Waals surface area contributed by atoms with Crippen molar-refractivity contribution in [2.45, 2.75) is 57.2 Å². The van der Waals surface area contributed by atoms with Gasteiger partial charge in [-0.2, -0.15) is 5.10 Å². The molecular weight excluding hydrogens is 400 g/mol. The van der Waals surface area contributed by atoms with Gasteiger partial charge in [-0.15, -0.1) is 0 Å². The van der Waals surface area contributed by atoms with E-state index in [1.54, 1.807) is 0 Å². The van der Waals surface area contributed by atoms with Crippen LogP contribution < -0.4 is 5.32 Å². The van der Waals surface area contributed by atoms with Gasteiger partial charge in [-0.3, -0.25) is 9.59 Å². The molecule has 1 aromatic heterocycles. The molecule has 2 aromatic carbocycles. The molecule has 0 bridgehead atoms. The topological polar surface area (TPSA) is 67.2 Å². The van der Waals surface area contributed by atoms with Gasteiger partial charge >= 0.3 is 0 Å². The Morgan fingerprint density at radius 2 is 1.72 bits per heavy atom. The Bertz CT molecular complexity index is 1080. The number of aryl methyl sites for hydroxylation is 1. The van der Waals surface area contributed by atoms with Crippen molar-refractivity contribution in [2.75, 3.05) is 0 Å². The molecule has 2 aliphatic rings. The molecule has 5 rings (SSSR count). The van der Waals surface area contributed by atoms with Gasteiger partial charge < -0.3 is 10.2 Å². The summed E-state index contributed by atoms with van der Waals surface area (Å²) in [5.74, 6) is 0.167. The fourth-order valence-electron chi connectivity index (χ4n) is 3.87. The highest BCUT2D eigenvalue weighted by Gasteiger charge is 2.32. The van der Waals surface area contributed by atoms with Crippen LogP contribution in [0.3, 0.4) is 0 Å². The van der Waals surface area contributed by atoms with Gasteiger partial charge in [0.25, 0.3) is 5.91 Å². The van der Waals surface area contributed by atoms with E-state index in [4.69, 9.17) is 0 Å². The maximum absolute atomic E-state index is 13.0. The molecule has 2 fully saturated rings. The van der Waals surface area contributed by atoms with Crippen LogP contribution in [-0.4, -0.2) is 38.6 Å². The highest BCUT2D eigenvalue weighted by molar-refractivity contribution is 5.94. The van der Waals surface area contributed by atoms with Crippen LogP contribution in [0.5, 0.6) is 0 Å². The van der Waals surface area contributed by atoms with Gasteiger partial charge in [-0.25, -0.2) is 4.68 Å². The minimum absolute atomic E-state index is 0.00905.